The Labute approximate surface area is 177 Å². The number of para-hydroxylation sites is 1. The number of benzene rings is 1. The van der Waals surface area contributed by atoms with Crippen LogP contribution in [0.15, 0.2) is 58.2 Å². The SMILES string of the molecule is CN1/C(=C\C(=O)COC(=O)c2csc(-c3ccsc3)n2)C(C)(C)c2ccccc21. The van der Waals surface area contributed by atoms with E-state index in [-0.39, 0.29) is 23.5 Å². The van der Waals surface area contributed by atoms with Gasteiger partial charge in [-0.15, -0.1) is 11.3 Å². The molecule has 0 atom stereocenters. The van der Waals surface area contributed by atoms with Gasteiger partial charge in [0.15, 0.2) is 18.1 Å². The van der Waals surface area contributed by atoms with Crippen LogP contribution in [0.5, 0.6) is 0 Å². The van der Waals surface area contributed by atoms with Crippen molar-refractivity contribution in [1.29, 1.82) is 0 Å². The van der Waals surface area contributed by atoms with E-state index in [4.69, 9.17) is 4.74 Å². The molecule has 29 heavy (non-hydrogen) atoms. The lowest BCUT2D eigenvalue weighted by atomic mass is 9.83. The lowest BCUT2D eigenvalue weighted by Crippen LogP contribution is -2.25. The smallest absolute Gasteiger partial charge is 0.358 e. The zero-order valence-corrected chi connectivity index (χ0v) is 18.0. The number of carbonyl (C=O) groups excluding carboxylic acids is 2. The number of aromatic nitrogens is 1. The quantitative estimate of drug-likeness (QED) is 0.430. The Morgan fingerprint density at radius 2 is 2.00 bits per heavy atom. The molecule has 1 aliphatic rings. The van der Waals surface area contributed by atoms with E-state index in [2.05, 4.69) is 24.9 Å². The second-order valence-electron chi connectivity index (χ2n) is 7.32. The fourth-order valence-electron chi connectivity index (χ4n) is 3.55. The van der Waals surface area contributed by atoms with Crippen molar-refractivity contribution < 1.29 is 14.3 Å². The zero-order valence-electron chi connectivity index (χ0n) is 16.3. The van der Waals surface area contributed by atoms with Gasteiger partial charge in [-0.05, 0) is 23.1 Å². The molecule has 5 nitrogen and oxygen atoms in total. The number of allylic oxidation sites excluding steroid dienone is 1. The minimum Gasteiger partial charge on any atom is -0.453 e. The fraction of sp³-hybridized carbons (Fsp3) is 0.227. The minimum atomic E-state index is -0.586. The Balaban J connectivity index is 1.43. The van der Waals surface area contributed by atoms with E-state index >= 15 is 0 Å². The summed E-state index contributed by atoms with van der Waals surface area (Å²) in [6.45, 7) is 3.86. The number of ether oxygens (including phenoxy) is 1. The number of rotatable bonds is 5. The van der Waals surface area contributed by atoms with Gasteiger partial charge in [-0.2, -0.15) is 11.3 Å². The van der Waals surface area contributed by atoms with Gasteiger partial charge in [-0.1, -0.05) is 32.0 Å². The number of thiazole rings is 1. The van der Waals surface area contributed by atoms with Crippen LogP contribution >= 0.6 is 22.7 Å². The summed E-state index contributed by atoms with van der Waals surface area (Å²) in [6, 6.07) is 10.0. The van der Waals surface area contributed by atoms with E-state index in [1.54, 1.807) is 22.8 Å². The molecule has 0 saturated carbocycles. The molecule has 0 amide bonds. The van der Waals surface area contributed by atoms with Crippen molar-refractivity contribution in [2.75, 3.05) is 18.6 Å². The number of thiophene rings is 1. The molecular weight excluding hydrogens is 404 g/mol. The van der Waals surface area contributed by atoms with Gasteiger partial charge in [0, 0.05) is 46.2 Å². The van der Waals surface area contributed by atoms with Gasteiger partial charge in [-0.25, -0.2) is 9.78 Å². The largest absolute Gasteiger partial charge is 0.453 e. The lowest BCUT2D eigenvalue weighted by Gasteiger charge is -2.23. The van der Waals surface area contributed by atoms with E-state index < -0.39 is 5.97 Å². The molecule has 1 aliphatic heterocycles. The van der Waals surface area contributed by atoms with Crippen LogP contribution in [0.1, 0.15) is 29.9 Å². The average Bonchev–Trinajstić information content (AvgIpc) is 3.43. The number of ketones is 1. The van der Waals surface area contributed by atoms with Crippen LogP contribution in [0.25, 0.3) is 10.6 Å². The fourth-order valence-corrected chi connectivity index (χ4v) is 5.05. The first-order valence-electron chi connectivity index (χ1n) is 9.11. The van der Waals surface area contributed by atoms with Gasteiger partial charge in [0.25, 0.3) is 0 Å². The second kappa shape index (κ2) is 7.57. The second-order valence-corrected chi connectivity index (χ2v) is 8.96. The lowest BCUT2D eigenvalue weighted by molar-refractivity contribution is -0.117. The van der Waals surface area contributed by atoms with Crippen molar-refractivity contribution in [3.63, 3.8) is 0 Å². The maximum Gasteiger partial charge on any atom is 0.358 e. The monoisotopic (exact) mass is 424 g/mol. The van der Waals surface area contributed by atoms with Gasteiger partial charge in [-0.3, -0.25) is 4.79 Å². The van der Waals surface area contributed by atoms with Gasteiger partial charge in [0.1, 0.15) is 5.01 Å². The van der Waals surface area contributed by atoms with E-state index in [1.165, 1.54) is 16.9 Å². The highest BCUT2D eigenvalue weighted by Gasteiger charge is 2.38. The molecule has 0 aliphatic carbocycles. The number of hydrogen-bond acceptors (Lipinski definition) is 7. The van der Waals surface area contributed by atoms with Gasteiger partial charge in [0.05, 0.1) is 0 Å². The average molecular weight is 425 g/mol. The third kappa shape index (κ3) is 3.63. The Bertz CT molecular complexity index is 1100. The molecule has 0 fully saturated rings. The van der Waals surface area contributed by atoms with E-state index in [0.717, 1.165) is 22.0 Å². The number of anilines is 1. The van der Waals surface area contributed by atoms with Crippen molar-refractivity contribution in [1.82, 2.24) is 4.98 Å². The molecule has 0 N–H and O–H groups in total. The summed E-state index contributed by atoms with van der Waals surface area (Å²) in [6.07, 6.45) is 1.57. The van der Waals surface area contributed by atoms with Gasteiger partial charge < -0.3 is 9.64 Å². The normalized spacial score (nSPS) is 16.1. The molecule has 1 aromatic carbocycles. The molecule has 0 saturated heterocycles. The number of nitrogens with zero attached hydrogens (tertiary/aromatic N) is 2. The maximum absolute atomic E-state index is 12.5. The van der Waals surface area contributed by atoms with Crippen LogP contribution in [0.3, 0.4) is 0 Å². The molecule has 0 unspecified atom stereocenters. The number of esters is 1. The van der Waals surface area contributed by atoms with E-state index in [9.17, 15) is 9.59 Å². The number of carbonyl (C=O) groups is 2. The van der Waals surface area contributed by atoms with Crippen LogP contribution in [0.4, 0.5) is 5.69 Å². The molecule has 0 spiro atoms. The standard InChI is InChI=1S/C22H20N2O3S2/c1-22(2)16-6-4-5-7-18(16)24(3)19(22)10-15(25)11-27-21(26)17-13-29-20(23-17)14-8-9-28-12-14/h4-10,12-13H,11H2,1-3H3/b19-10-. The highest BCUT2D eigenvalue weighted by molar-refractivity contribution is 7.14. The third-order valence-electron chi connectivity index (χ3n) is 5.07. The first-order chi connectivity index (χ1) is 13.9. The van der Waals surface area contributed by atoms with Crippen LogP contribution in [-0.2, 0) is 14.9 Å². The summed E-state index contributed by atoms with van der Waals surface area (Å²) in [7, 11) is 1.94. The summed E-state index contributed by atoms with van der Waals surface area (Å²) in [4.78, 5) is 31.1. The molecule has 3 heterocycles. The molecular formula is C22H20N2O3S2. The van der Waals surface area contributed by atoms with Gasteiger partial charge >= 0.3 is 5.97 Å². The highest BCUT2D eigenvalue weighted by atomic mass is 32.1. The van der Waals surface area contributed by atoms with E-state index in [0.29, 0.717) is 0 Å². The highest BCUT2D eigenvalue weighted by Crippen LogP contribution is 2.46. The van der Waals surface area contributed by atoms with Crippen LogP contribution in [0.2, 0.25) is 0 Å². The molecule has 4 rings (SSSR count). The summed E-state index contributed by atoms with van der Waals surface area (Å²) in [5.41, 5.74) is 4.04. The van der Waals surface area contributed by atoms with Crippen molar-refractivity contribution in [2.24, 2.45) is 0 Å². The number of likely N-dealkylation sites (N-methyl/N-ethyl adjacent to an activating group) is 1. The van der Waals surface area contributed by atoms with Crippen LogP contribution in [0, 0.1) is 0 Å². The number of hydrogen-bond donors (Lipinski definition) is 0. The van der Waals surface area contributed by atoms with Crippen molar-refractivity contribution in [2.45, 2.75) is 19.3 Å². The summed E-state index contributed by atoms with van der Waals surface area (Å²) < 4.78 is 5.21. The summed E-state index contributed by atoms with van der Waals surface area (Å²) in [5.74, 6) is -0.842. The first-order valence-corrected chi connectivity index (χ1v) is 10.9. The predicted molar refractivity (Wildman–Crippen MR) is 117 cm³/mol. The minimum absolute atomic E-state index is 0.224. The third-order valence-corrected chi connectivity index (χ3v) is 6.64. The van der Waals surface area contributed by atoms with Crippen molar-refractivity contribution in [3.05, 3.63) is 69.5 Å². The summed E-state index contributed by atoms with van der Waals surface area (Å²) >= 11 is 2.95. The molecule has 3 aromatic rings. The number of fused-ring (bicyclic) bond motifs is 1. The Morgan fingerprint density at radius 3 is 2.72 bits per heavy atom. The van der Waals surface area contributed by atoms with Crippen molar-refractivity contribution >= 4 is 40.1 Å². The predicted octanol–water partition coefficient (Wildman–Crippen LogP) is 4.91. The Hall–Kier alpha value is -2.77. The molecule has 2 aromatic heterocycles. The zero-order chi connectivity index (χ0) is 20.6. The molecule has 148 valence electrons. The van der Waals surface area contributed by atoms with Crippen molar-refractivity contribution in [3.8, 4) is 10.6 Å². The Morgan fingerprint density at radius 1 is 1.21 bits per heavy atom. The van der Waals surface area contributed by atoms with Crippen LogP contribution in [-0.4, -0.2) is 30.4 Å². The maximum atomic E-state index is 12.5. The molecule has 7 heteroatoms. The van der Waals surface area contributed by atoms with Crippen LogP contribution < -0.4 is 4.90 Å². The Kier molecular flexibility index (Phi) is 5.10. The van der Waals surface area contributed by atoms with E-state index in [1.807, 2.05) is 47.0 Å². The van der Waals surface area contributed by atoms with Gasteiger partial charge in [0.2, 0.25) is 0 Å². The molecule has 0 radical (unpaired) electrons. The first kappa shape index (κ1) is 19.5. The summed E-state index contributed by atoms with van der Waals surface area (Å²) in [5, 5.41) is 6.35. The molecule has 0 bridgehead atoms. The topological polar surface area (TPSA) is 59.5 Å².